The number of hydrogen-bond acceptors (Lipinski definition) is 12. The third-order valence-electron chi connectivity index (χ3n) is 12.1. The zero-order valence-corrected chi connectivity index (χ0v) is 36.1. The van der Waals surface area contributed by atoms with Gasteiger partial charge in [0.1, 0.15) is 41.4 Å². The highest BCUT2D eigenvalue weighted by Gasteiger charge is 2.36. The molecule has 0 spiro atoms. The van der Waals surface area contributed by atoms with Crippen LogP contribution in [0.1, 0.15) is 83.9 Å². The number of ether oxygens (including phenoxy) is 2. The van der Waals surface area contributed by atoms with E-state index in [-0.39, 0.29) is 67.3 Å². The van der Waals surface area contributed by atoms with Gasteiger partial charge < -0.3 is 35.8 Å². The van der Waals surface area contributed by atoms with Crippen molar-refractivity contribution in [1.82, 2.24) is 33.8 Å². The van der Waals surface area contributed by atoms with Gasteiger partial charge in [0.05, 0.1) is 28.3 Å². The van der Waals surface area contributed by atoms with Crippen LogP contribution in [0.15, 0.2) is 59.1 Å². The third-order valence-corrected chi connectivity index (χ3v) is 12.1. The zero-order valence-electron chi connectivity index (χ0n) is 36.1. The fraction of sp³-hybridized carbons (Fsp3) is 0.409. The van der Waals surface area contributed by atoms with Crippen molar-refractivity contribution < 1.29 is 28.7 Å². The van der Waals surface area contributed by atoms with E-state index in [9.17, 15) is 19.2 Å². The Morgan fingerprint density at radius 1 is 0.810 bits per heavy atom. The van der Waals surface area contributed by atoms with Crippen LogP contribution in [0.2, 0.25) is 0 Å². The van der Waals surface area contributed by atoms with Crippen LogP contribution in [-0.2, 0) is 24.4 Å². The summed E-state index contributed by atoms with van der Waals surface area (Å²) in [4.78, 5) is 70.0. The standard InChI is InChI=1S/C44H53N13O6/c1-6-44(5)30(16-24(3)52-44)40(60)50-42-48-31-18-26(38(46)58)20-34-36(31)55(42)12-8-9-13-56-37-32(49-43(56)51-41(61)33-17-25(4)53-57(33)7-2)19-27(39(47)59)21-35(37)63-23-29(22-62-34)54-14-10-28(45)11-15-54/h8-9,16-21,28-29H,6-7,10-15,22-23,45H2,1-5H3,(H2,46,58)(H2,47,59)(H,48,50,60)(H,49,51,61)/b9-8+/t29?,44-/m1/s1. The Morgan fingerprint density at radius 3 is 1.86 bits per heavy atom. The first-order valence-electron chi connectivity index (χ1n) is 21.2. The van der Waals surface area contributed by atoms with Crippen LogP contribution in [-0.4, -0.2) is 107 Å². The summed E-state index contributed by atoms with van der Waals surface area (Å²) in [6.07, 6.45) is 7.66. The molecule has 3 aliphatic rings. The fourth-order valence-corrected chi connectivity index (χ4v) is 8.52. The number of anilines is 2. The van der Waals surface area contributed by atoms with Gasteiger partial charge in [0.15, 0.2) is 0 Å². The number of carbonyl (C=O) groups excluding carboxylic acids is 4. The van der Waals surface area contributed by atoms with Gasteiger partial charge >= 0.3 is 0 Å². The molecule has 8 N–H and O–H groups in total. The van der Waals surface area contributed by atoms with Gasteiger partial charge in [0.2, 0.25) is 23.7 Å². The summed E-state index contributed by atoms with van der Waals surface area (Å²) in [6, 6.07) is 7.70. The molecule has 0 aliphatic carbocycles. The van der Waals surface area contributed by atoms with Gasteiger partial charge in [-0.15, -0.1) is 0 Å². The molecule has 1 fully saturated rings. The number of benzene rings is 2. The molecular weight excluding hydrogens is 807 g/mol. The smallest absolute Gasteiger partial charge is 0.276 e. The molecule has 330 valence electrons. The quantitative estimate of drug-likeness (QED) is 0.134. The first-order chi connectivity index (χ1) is 30.2. The normalized spacial score (nSPS) is 20.3. The summed E-state index contributed by atoms with van der Waals surface area (Å²) in [6.45, 7) is 11.8. The molecule has 19 heteroatoms. The number of nitrogens with one attached hydrogen (secondary N) is 2. The summed E-state index contributed by atoms with van der Waals surface area (Å²) in [7, 11) is 0. The summed E-state index contributed by atoms with van der Waals surface area (Å²) in [5.41, 5.74) is 21.7. The van der Waals surface area contributed by atoms with E-state index in [1.54, 1.807) is 45.7 Å². The van der Waals surface area contributed by atoms with Crippen LogP contribution in [0.25, 0.3) is 22.1 Å². The largest absolute Gasteiger partial charge is 0.490 e. The van der Waals surface area contributed by atoms with Gasteiger partial charge in [-0.3, -0.25) is 44.4 Å². The highest BCUT2D eigenvalue weighted by Crippen LogP contribution is 2.36. The number of likely N-dealkylation sites (tertiary alicyclic amines) is 1. The molecule has 0 bridgehead atoms. The number of nitrogens with two attached hydrogens (primary N) is 3. The molecule has 3 aromatic heterocycles. The van der Waals surface area contributed by atoms with E-state index in [0.717, 1.165) is 18.6 Å². The summed E-state index contributed by atoms with van der Waals surface area (Å²) < 4.78 is 18.6. The van der Waals surface area contributed by atoms with Crippen LogP contribution in [0.5, 0.6) is 11.5 Å². The average molecular weight is 860 g/mol. The van der Waals surface area contributed by atoms with Crippen LogP contribution in [0.4, 0.5) is 11.9 Å². The fourth-order valence-electron chi connectivity index (χ4n) is 8.52. The first-order valence-corrected chi connectivity index (χ1v) is 21.2. The predicted molar refractivity (Wildman–Crippen MR) is 238 cm³/mol. The van der Waals surface area contributed by atoms with Crippen molar-refractivity contribution in [1.29, 1.82) is 0 Å². The molecule has 8 rings (SSSR count). The second-order valence-electron chi connectivity index (χ2n) is 16.5. The molecule has 2 atom stereocenters. The highest BCUT2D eigenvalue weighted by molar-refractivity contribution is 6.13. The number of primary amides is 2. The molecule has 0 saturated carbocycles. The van der Waals surface area contributed by atoms with Gasteiger partial charge in [0.25, 0.3) is 11.8 Å². The van der Waals surface area contributed by atoms with Crippen molar-refractivity contribution in [3.05, 3.63) is 76.6 Å². The maximum atomic E-state index is 14.1. The van der Waals surface area contributed by atoms with Gasteiger partial charge in [-0.2, -0.15) is 5.10 Å². The maximum absolute atomic E-state index is 14.1. The number of piperidine rings is 1. The molecule has 19 nitrogen and oxygen atoms in total. The van der Waals surface area contributed by atoms with Crippen molar-refractivity contribution >= 4 is 63.3 Å². The molecule has 5 aromatic rings. The molecule has 6 heterocycles. The van der Waals surface area contributed by atoms with Crippen molar-refractivity contribution in [2.24, 2.45) is 22.2 Å². The number of hydrogen-bond donors (Lipinski definition) is 5. The number of nitrogens with zero attached hydrogens (tertiary/aromatic N) is 8. The summed E-state index contributed by atoms with van der Waals surface area (Å²) in [5.74, 6) is -1.07. The molecule has 63 heavy (non-hydrogen) atoms. The van der Waals surface area contributed by atoms with Crippen LogP contribution in [0, 0.1) is 6.92 Å². The van der Waals surface area contributed by atoms with E-state index in [2.05, 4.69) is 20.6 Å². The number of allylic oxidation sites excluding steroid dienone is 3. The lowest BCUT2D eigenvalue weighted by Gasteiger charge is -2.36. The predicted octanol–water partition coefficient (Wildman–Crippen LogP) is 3.69. The average Bonchev–Trinajstić information content (AvgIpc) is 3.99. The lowest BCUT2D eigenvalue weighted by Crippen LogP contribution is -2.49. The Bertz CT molecular complexity index is 2750. The van der Waals surface area contributed by atoms with Gasteiger partial charge in [-0.05, 0) is 83.4 Å². The minimum absolute atomic E-state index is 0.0492. The lowest BCUT2D eigenvalue weighted by molar-refractivity contribution is -0.113. The first kappa shape index (κ1) is 42.8. The number of imidazole rings is 2. The minimum atomic E-state index is -0.715. The Labute approximate surface area is 363 Å². The number of carbonyl (C=O) groups is 4. The number of rotatable bonds is 9. The molecule has 1 saturated heterocycles. The number of aliphatic imine (C=N–C) groups is 1. The van der Waals surface area contributed by atoms with E-state index >= 15 is 0 Å². The van der Waals surface area contributed by atoms with E-state index in [4.69, 9.17) is 41.6 Å². The number of aryl methyl sites for hydroxylation is 2. The third kappa shape index (κ3) is 8.40. The molecule has 1 unspecified atom stereocenters. The Hall–Kier alpha value is -6.86. The monoisotopic (exact) mass is 859 g/mol. The second kappa shape index (κ2) is 17.1. The van der Waals surface area contributed by atoms with Crippen molar-refractivity contribution in [2.45, 2.75) is 91.1 Å². The van der Waals surface area contributed by atoms with Gasteiger partial charge in [-0.25, -0.2) is 9.97 Å². The molecule has 4 amide bonds. The highest BCUT2D eigenvalue weighted by atomic mass is 16.5. The van der Waals surface area contributed by atoms with Crippen molar-refractivity contribution in [2.75, 3.05) is 36.9 Å². The number of aromatic nitrogens is 6. The summed E-state index contributed by atoms with van der Waals surface area (Å²) >= 11 is 0. The lowest BCUT2D eigenvalue weighted by atomic mass is 9.90. The van der Waals surface area contributed by atoms with Crippen LogP contribution in [0.3, 0.4) is 0 Å². The molecule has 2 aromatic carbocycles. The maximum Gasteiger partial charge on any atom is 0.276 e. The molecular formula is C44H53N13O6. The summed E-state index contributed by atoms with van der Waals surface area (Å²) in [5, 5.41) is 10.5. The minimum Gasteiger partial charge on any atom is -0.490 e. The van der Waals surface area contributed by atoms with Crippen molar-refractivity contribution in [3.63, 3.8) is 0 Å². The molecule has 0 radical (unpaired) electrons. The van der Waals surface area contributed by atoms with E-state index < -0.39 is 23.3 Å². The van der Waals surface area contributed by atoms with Gasteiger partial charge in [-0.1, -0.05) is 19.1 Å². The topological polar surface area (TPSA) is 258 Å². The van der Waals surface area contributed by atoms with E-state index in [0.29, 0.717) is 76.6 Å². The number of amides is 4. The van der Waals surface area contributed by atoms with E-state index in [1.807, 2.05) is 51.3 Å². The molecule has 3 aliphatic heterocycles. The van der Waals surface area contributed by atoms with Crippen molar-refractivity contribution in [3.8, 4) is 11.5 Å². The zero-order chi connectivity index (χ0) is 44.7. The second-order valence-corrected chi connectivity index (χ2v) is 16.5. The van der Waals surface area contributed by atoms with E-state index in [1.165, 1.54) is 0 Å². The van der Waals surface area contributed by atoms with Crippen LogP contribution < -0.4 is 37.3 Å². The Kier molecular flexibility index (Phi) is 11.6. The van der Waals surface area contributed by atoms with Crippen LogP contribution >= 0.6 is 0 Å². The SMILES string of the molecule is CCn1nc(C)cc1C(=O)Nc1nc2cc(C(N)=O)cc3c2n1C/C=C/Cn1c(NC(=O)C2=CC(C)=N[C@]2(C)CC)nc2cc(C(N)=O)cc(c21)OCC(N1CCC(N)CC1)CO3. The van der Waals surface area contributed by atoms with Gasteiger partial charge in [0, 0.05) is 61.2 Å². The Balaban J connectivity index is 1.26. The Morgan fingerprint density at radius 2 is 1.35 bits per heavy atom.